The van der Waals surface area contributed by atoms with Crippen LogP contribution in [0, 0.1) is 11.3 Å². The van der Waals surface area contributed by atoms with Gasteiger partial charge >= 0.3 is 0 Å². The molecule has 5 rings (SSSR count). The van der Waals surface area contributed by atoms with Gasteiger partial charge in [-0.2, -0.15) is 5.26 Å². The van der Waals surface area contributed by atoms with Crippen LogP contribution in [0.2, 0.25) is 0 Å². The normalized spacial score (nSPS) is 19.0. The third-order valence-electron chi connectivity index (χ3n) is 6.96. The number of benzene rings is 2. The Morgan fingerprint density at radius 1 is 0.935 bits per heavy atom. The molecule has 0 bridgehead atoms. The first kappa shape index (κ1) is 20.1. The molecule has 2 saturated heterocycles. The van der Waals surface area contributed by atoms with Crippen LogP contribution in [0.25, 0.3) is 22.2 Å². The van der Waals surface area contributed by atoms with Gasteiger partial charge in [-0.05, 0) is 87.8 Å². The topological polar surface area (TPSA) is 58.1 Å². The van der Waals surface area contributed by atoms with Crippen LogP contribution in [0.5, 0.6) is 0 Å². The summed E-state index contributed by atoms with van der Waals surface area (Å²) in [5.74, 6) is 0. The Bertz CT molecular complexity index is 1080. The Morgan fingerprint density at radius 2 is 1.68 bits per heavy atom. The smallest absolute Gasteiger partial charge is 0.0991 e. The van der Waals surface area contributed by atoms with E-state index in [1.165, 1.54) is 50.0 Å². The standard InChI is InChI=1S/C26H31N5/c1-30-11-7-22(8-12-30)28-23-9-13-31(14-10-23)24-4-2-3-20(16-24)26-17-21-15-19(18-27)5-6-25(21)29-26/h2-6,15-17,22-23,28-29H,7-14H2,1H3. The van der Waals surface area contributed by atoms with E-state index in [0.717, 1.165) is 29.7 Å². The molecule has 5 nitrogen and oxygen atoms in total. The molecule has 2 fully saturated rings. The van der Waals surface area contributed by atoms with Crippen molar-refractivity contribution in [1.82, 2.24) is 15.2 Å². The van der Waals surface area contributed by atoms with E-state index in [0.29, 0.717) is 17.6 Å². The predicted octanol–water partition coefficient (Wildman–Crippen LogP) is 4.36. The van der Waals surface area contributed by atoms with Gasteiger partial charge in [-0.1, -0.05) is 12.1 Å². The molecule has 0 aliphatic carbocycles. The molecule has 3 aromatic rings. The molecule has 160 valence electrons. The van der Waals surface area contributed by atoms with Gasteiger partial charge in [0.25, 0.3) is 0 Å². The van der Waals surface area contributed by atoms with E-state index in [2.05, 4.69) is 63.5 Å². The maximum atomic E-state index is 9.15. The van der Waals surface area contributed by atoms with E-state index >= 15 is 0 Å². The molecule has 0 saturated carbocycles. The lowest BCUT2D eigenvalue weighted by Crippen LogP contribution is -2.49. The van der Waals surface area contributed by atoms with Crippen LogP contribution in [0.3, 0.4) is 0 Å². The minimum atomic E-state index is 0.649. The molecule has 2 aliphatic rings. The Morgan fingerprint density at radius 3 is 2.42 bits per heavy atom. The van der Waals surface area contributed by atoms with Crippen molar-refractivity contribution in [2.45, 2.75) is 37.8 Å². The van der Waals surface area contributed by atoms with Gasteiger partial charge in [-0.15, -0.1) is 0 Å². The van der Waals surface area contributed by atoms with Crippen molar-refractivity contribution >= 4 is 16.6 Å². The number of fused-ring (bicyclic) bond motifs is 1. The Hall–Kier alpha value is -2.81. The summed E-state index contributed by atoms with van der Waals surface area (Å²) in [6.45, 7) is 4.64. The van der Waals surface area contributed by atoms with Crippen LogP contribution in [0.1, 0.15) is 31.2 Å². The van der Waals surface area contributed by atoms with E-state index in [1.807, 2.05) is 18.2 Å². The fraction of sp³-hybridized carbons (Fsp3) is 0.423. The number of nitrogens with zero attached hydrogens (tertiary/aromatic N) is 3. The first-order chi connectivity index (χ1) is 15.2. The van der Waals surface area contributed by atoms with E-state index in [-0.39, 0.29) is 0 Å². The third kappa shape index (κ3) is 4.46. The van der Waals surface area contributed by atoms with E-state index < -0.39 is 0 Å². The van der Waals surface area contributed by atoms with Crippen LogP contribution in [-0.2, 0) is 0 Å². The largest absolute Gasteiger partial charge is 0.371 e. The number of anilines is 1. The number of aromatic nitrogens is 1. The highest BCUT2D eigenvalue weighted by Crippen LogP contribution is 2.29. The number of aromatic amines is 1. The average molecular weight is 414 g/mol. The van der Waals surface area contributed by atoms with Gasteiger partial charge in [0.2, 0.25) is 0 Å². The van der Waals surface area contributed by atoms with Crippen molar-refractivity contribution in [1.29, 1.82) is 5.26 Å². The van der Waals surface area contributed by atoms with Gasteiger partial charge in [-0.25, -0.2) is 0 Å². The number of rotatable bonds is 4. The molecule has 0 spiro atoms. The zero-order valence-corrected chi connectivity index (χ0v) is 18.3. The summed E-state index contributed by atoms with van der Waals surface area (Å²) in [4.78, 5) is 8.46. The summed E-state index contributed by atoms with van der Waals surface area (Å²) in [6, 6.07) is 20.3. The fourth-order valence-corrected chi connectivity index (χ4v) is 5.04. The number of hydrogen-bond acceptors (Lipinski definition) is 4. The summed E-state index contributed by atoms with van der Waals surface area (Å²) in [5, 5.41) is 14.2. The van der Waals surface area contributed by atoms with Gasteiger partial charge in [0.05, 0.1) is 11.6 Å². The molecule has 2 aromatic carbocycles. The zero-order valence-electron chi connectivity index (χ0n) is 18.3. The van der Waals surface area contributed by atoms with Crippen LogP contribution in [0.15, 0.2) is 48.5 Å². The van der Waals surface area contributed by atoms with Gasteiger partial charge in [-0.3, -0.25) is 0 Å². The van der Waals surface area contributed by atoms with Gasteiger partial charge in [0.1, 0.15) is 0 Å². The number of nitrogens with one attached hydrogen (secondary N) is 2. The molecule has 0 atom stereocenters. The molecule has 31 heavy (non-hydrogen) atoms. The van der Waals surface area contributed by atoms with Crippen LogP contribution in [0.4, 0.5) is 5.69 Å². The van der Waals surface area contributed by atoms with Crippen molar-refractivity contribution in [3.63, 3.8) is 0 Å². The number of H-pyrrole nitrogens is 1. The summed E-state index contributed by atoms with van der Waals surface area (Å²) in [6.07, 6.45) is 4.97. The molecule has 0 amide bonds. The Labute approximate surface area is 184 Å². The van der Waals surface area contributed by atoms with Crippen molar-refractivity contribution < 1.29 is 0 Å². The molecule has 5 heteroatoms. The average Bonchev–Trinajstić information content (AvgIpc) is 3.24. The minimum absolute atomic E-state index is 0.649. The lowest BCUT2D eigenvalue weighted by molar-refractivity contribution is 0.217. The summed E-state index contributed by atoms with van der Waals surface area (Å²) in [5.41, 5.74) is 5.36. The Balaban J connectivity index is 1.24. The number of likely N-dealkylation sites (tertiary alicyclic amines) is 1. The first-order valence-electron chi connectivity index (χ1n) is 11.5. The van der Waals surface area contributed by atoms with Crippen LogP contribution < -0.4 is 10.2 Å². The highest BCUT2D eigenvalue weighted by molar-refractivity contribution is 5.87. The second-order valence-electron chi connectivity index (χ2n) is 9.15. The predicted molar refractivity (Wildman–Crippen MR) is 127 cm³/mol. The maximum absolute atomic E-state index is 9.15. The molecule has 3 heterocycles. The van der Waals surface area contributed by atoms with Crippen molar-refractivity contribution in [2.24, 2.45) is 0 Å². The van der Waals surface area contributed by atoms with Crippen molar-refractivity contribution in [3.8, 4) is 17.3 Å². The van der Waals surface area contributed by atoms with Gasteiger partial charge in [0, 0.05) is 47.5 Å². The molecule has 0 unspecified atom stereocenters. The third-order valence-corrected chi connectivity index (χ3v) is 6.96. The van der Waals surface area contributed by atoms with Crippen molar-refractivity contribution in [2.75, 3.05) is 38.1 Å². The van der Waals surface area contributed by atoms with E-state index in [4.69, 9.17) is 5.26 Å². The fourth-order valence-electron chi connectivity index (χ4n) is 5.04. The maximum Gasteiger partial charge on any atom is 0.0991 e. The van der Waals surface area contributed by atoms with Gasteiger partial charge < -0.3 is 20.1 Å². The second-order valence-corrected chi connectivity index (χ2v) is 9.15. The van der Waals surface area contributed by atoms with Gasteiger partial charge in [0.15, 0.2) is 0 Å². The zero-order chi connectivity index (χ0) is 21.2. The number of hydrogen-bond donors (Lipinski definition) is 2. The lowest BCUT2D eigenvalue weighted by Gasteiger charge is -2.38. The lowest BCUT2D eigenvalue weighted by atomic mass is 9.99. The summed E-state index contributed by atoms with van der Waals surface area (Å²) < 4.78 is 0. The number of nitriles is 1. The highest BCUT2D eigenvalue weighted by Gasteiger charge is 2.24. The molecule has 1 aromatic heterocycles. The second kappa shape index (κ2) is 8.74. The molecule has 0 radical (unpaired) electrons. The van der Waals surface area contributed by atoms with E-state index in [1.54, 1.807) is 0 Å². The monoisotopic (exact) mass is 413 g/mol. The highest BCUT2D eigenvalue weighted by atomic mass is 15.2. The van der Waals surface area contributed by atoms with Crippen molar-refractivity contribution in [3.05, 3.63) is 54.1 Å². The Kier molecular flexibility index (Phi) is 5.67. The minimum Gasteiger partial charge on any atom is -0.371 e. The summed E-state index contributed by atoms with van der Waals surface area (Å²) >= 11 is 0. The molecule has 2 aliphatic heterocycles. The molecule has 2 N–H and O–H groups in total. The van der Waals surface area contributed by atoms with Crippen LogP contribution in [-0.4, -0.2) is 55.2 Å². The summed E-state index contributed by atoms with van der Waals surface area (Å²) in [7, 11) is 2.22. The van der Waals surface area contributed by atoms with Crippen LogP contribution >= 0.6 is 0 Å². The molecular weight excluding hydrogens is 382 g/mol. The van der Waals surface area contributed by atoms with E-state index in [9.17, 15) is 0 Å². The quantitative estimate of drug-likeness (QED) is 0.667. The SMILES string of the molecule is CN1CCC(NC2CCN(c3cccc(-c4cc5cc(C#N)ccc5[nH]4)c3)CC2)CC1. The first-order valence-corrected chi connectivity index (χ1v) is 11.5. The molecular formula is C26H31N5. The number of piperidine rings is 2.